The average molecular weight is 303 g/mol. The standard InChI is InChI=1S/C14H15ClN6/c1-7-3-4-8(5-9(7)15)6-10-11-12(16)18-14(17)19-13(11)21(2)20-10/h3-5H,6H2,1-2H3,(H4,16,17,18,19). The van der Waals surface area contributed by atoms with Gasteiger partial charge in [0.2, 0.25) is 5.95 Å². The molecular formula is C14H15ClN6. The minimum absolute atomic E-state index is 0.146. The van der Waals surface area contributed by atoms with Crippen LogP contribution in [-0.4, -0.2) is 19.7 Å². The Kier molecular flexibility index (Phi) is 3.17. The van der Waals surface area contributed by atoms with Crippen LogP contribution in [0.25, 0.3) is 11.0 Å². The van der Waals surface area contributed by atoms with Gasteiger partial charge in [0.25, 0.3) is 0 Å². The lowest BCUT2D eigenvalue weighted by atomic mass is 10.1. The maximum atomic E-state index is 6.16. The van der Waals surface area contributed by atoms with Crippen LogP contribution >= 0.6 is 11.6 Å². The summed E-state index contributed by atoms with van der Waals surface area (Å²) < 4.78 is 1.66. The average Bonchev–Trinajstić information content (AvgIpc) is 2.71. The molecule has 0 radical (unpaired) electrons. The second kappa shape index (κ2) is 4.89. The van der Waals surface area contributed by atoms with E-state index >= 15 is 0 Å². The van der Waals surface area contributed by atoms with Crippen molar-refractivity contribution in [1.82, 2.24) is 19.7 Å². The van der Waals surface area contributed by atoms with Crippen molar-refractivity contribution in [3.8, 4) is 0 Å². The molecule has 3 rings (SSSR count). The van der Waals surface area contributed by atoms with Gasteiger partial charge in [-0.25, -0.2) is 4.68 Å². The number of fused-ring (bicyclic) bond motifs is 1. The van der Waals surface area contributed by atoms with Crippen molar-refractivity contribution >= 4 is 34.4 Å². The molecule has 0 saturated heterocycles. The second-order valence-electron chi connectivity index (χ2n) is 5.00. The summed E-state index contributed by atoms with van der Waals surface area (Å²) in [5.74, 6) is 0.492. The Morgan fingerprint density at radius 2 is 2.00 bits per heavy atom. The number of nitrogens with two attached hydrogens (primary N) is 2. The third-order valence-corrected chi connectivity index (χ3v) is 3.82. The van der Waals surface area contributed by atoms with E-state index < -0.39 is 0 Å². The lowest BCUT2D eigenvalue weighted by Crippen LogP contribution is -2.02. The van der Waals surface area contributed by atoms with Crippen molar-refractivity contribution in [3.63, 3.8) is 0 Å². The zero-order valence-electron chi connectivity index (χ0n) is 11.8. The fourth-order valence-corrected chi connectivity index (χ4v) is 2.54. The van der Waals surface area contributed by atoms with Crippen LogP contribution in [0.15, 0.2) is 18.2 Å². The Morgan fingerprint density at radius 1 is 1.24 bits per heavy atom. The molecular weight excluding hydrogens is 288 g/mol. The van der Waals surface area contributed by atoms with Gasteiger partial charge in [0, 0.05) is 18.5 Å². The lowest BCUT2D eigenvalue weighted by molar-refractivity contribution is 0.765. The number of hydrogen-bond acceptors (Lipinski definition) is 5. The maximum Gasteiger partial charge on any atom is 0.224 e. The monoisotopic (exact) mass is 302 g/mol. The van der Waals surface area contributed by atoms with E-state index in [-0.39, 0.29) is 5.95 Å². The van der Waals surface area contributed by atoms with Gasteiger partial charge in [-0.2, -0.15) is 15.1 Å². The van der Waals surface area contributed by atoms with Crippen LogP contribution in [0.5, 0.6) is 0 Å². The number of nitrogens with zero attached hydrogens (tertiary/aromatic N) is 4. The van der Waals surface area contributed by atoms with Gasteiger partial charge in [-0.05, 0) is 24.1 Å². The van der Waals surface area contributed by atoms with Crippen molar-refractivity contribution < 1.29 is 0 Å². The van der Waals surface area contributed by atoms with Crippen LogP contribution < -0.4 is 11.5 Å². The van der Waals surface area contributed by atoms with Gasteiger partial charge in [-0.1, -0.05) is 23.7 Å². The largest absolute Gasteiger partial charge is 0.383 e. The summed E-state index contributed by atoms with van der Waals surface area (Å²) in [6.45, 7) is 1.97. The molecule has 0 fully saturated rings. The van der Waals surface area contributed by atoms with Crippen LogP contribution in [0.3, 0.4) is 0 Å². The Hall–Kier alpha value is -2.34. The molecule has 3 aromatic rings. The van der Waals surface area contributed by atoms with Crippen LogP contribution in [-0.2, 0) is 13.5 Å². The molecule has 0 unspecified atom stereocenters. The van der Waals surface area contributed by atoms with Crippen LogP contribution in [0.1, 0.15) is 16.8 Å². The molecule has 0 spiro atoms. The summed E-state index contributed by atoms with van der Waals surface area (Å²) in [6.07, 6.45) is 0.606. The van der Waals surface area contributed by atoms with E-state index in [0.29, 0.717) is 17.9 Å². The smallest absolute Gasteiger partial charge is 0.224 e. The van der Waals surface area contributed by atoms with Crippen LogP contribution in [0.2, 0.25) is 5.02 Å². The number of nitrogen functional groups attached to an aromatic ring is 2. The molecule has 0 amide bonds. The summed E-state index contributed by atoms with van der Waals surface area (Å²) in [7, 11) is 1.81. The first-order valence-electron chi connectivity index (χ1n) is 6.45. The number of anilines is 2. The van der Waals surface area contributed by atoms with E-state index in [1.54, 1.807) is 11.7 Å². The fraction of sp³-hybridized carbons (Fsp3) is 0.214. The van der Waals surface area contributed by atoms with E-state index in [4.69, 9.17) is 23.1 Å². The third-order valence-electron chi connectivity index (χ3n) is 3.41. The minimum atomic E-state index is 0.146. The first kappa shape index (κ1) is 13.6. The maximum absolute atomic E-state index is 6.16. The lowest BCUT2D eigenvalue weighted by Gasteiger charge is -2.03. The van der Waals surface area contributed by atoms with Gasteiger partial charge >= 0.3 is 0 Å². The normalized spacial score (nSPS) is 11.2. The number of halogens is 1. The number of hydrogen-bond donors (Lipinski definition) is 2. The molecule has 6 nitrogen and oxygen atoms in total. The van der Waals surface area contributed by atoms with Crippen molar-refractivity contribution in [2.24, 2.45) is 7.05 Å². The zero-order valence-corrected chi connectivity index (χ0v) is 12.5. The van der Waals surface area contributed by atoms with Crippen molar-refractivity contribution in [2.75, 3.05) is 11.5 Å². The molecule has 0 bridgehead atoms. The van der Waals surface area contributed by atoms with Gasteiger partial charge in [0.15, 0.2) is 5.65 Å². The van der Waals surface area contributed by atoms with Gasteiger partial charge in [0.1, 0.15) is 5.82 Å². The van der Waals surface area contributed by atoms with Crippen molar-refractivity contribution in [1.29, 1.82) is 0 Å². The van der Waals surface area contributed by atoms with Crippen molar-refractivity contribution in [3.05, 3.63) is 40.0 Å². The Bertz CT molecular complexity index is 839. The first-order valence-corrected chi connectivity index (χ1v) is 6.83. The topological polar surface area (TPSA) is 95.6 Å². The van der Waals surface area contributed by atoms with E-state index in [9.17, 15) is 0 Å². The Labute approximate surface area is 126 Å². The molecule has 2 aromatic heterocycles. The molecule has 2 heterocycles. The SMILES string of the molecule is Cc1ccc(Cc2nn(C)c3nc(N)nc(N)c23)cc1Cl. The number of benzene rings is 1. The summed E-state index contributed by atoms with van der Waals surface area (Å²) in [6, 6.07) is 5.95. The highest BCUT2D eigenvalue weighted by molar-refractivity contribution is 6.31. The van der Waals surface area contributed by atoms with E-state index in [1.807, 2.05) is 25.1 Å². The highest BCUT2D eigenvalue weighted by Gasteiger charge is 2.15. The Morgan fingerprint density at radius 3 is 2.71 bits per heavy atom. The summed E-state index contributed by atoms with van der Waals surface area (Å²) in [5, 5.41) is 5.95. The quantitative estimate of drug-likeness (QED) is 0.755. The molecule has 7 heteroatoms. The van der Waals surface area contributed by atoms with Crippen molar-refractivity contribution in [2.45, 2.75) is 13.3 Å². The summed E-state index contributed by atoms with van der Waals surface area (Å²) in [4.78, 5) is 8.21. The van der Waals surface area contributed by atoms with E-state index in [0.717, 1.165) is 27.2 Å². The molecule has 0 saturated carbocycles. The van der Waals surface area contributed by atoms with E-state index in [1.165, 1.54) is 0 Å². The van der Waals surface area contributed by atoms with Gasteiger partial charge in [0.05, 0.1) is 11.1 Å². The van der Waals surface area contributed by atoms with Crippen LogP contribution in [0, 0.1) is 6.92 Å². The predicted octanol–water partition coefficient (Wildman–Crippen LogP) is 2.08. The highest BCUT2D eigenvalue weighted by atomic mass is 35.5. The summed E-state index contributed by atoms with van der Waals surface area (Å²) >= 11 is 6.16. The van der Waals surface area contributed by atoms with Crippen LogP contribution in [0.4, 0.5) is 11.8 Å². The van der Waals surface area contributed by atoms with E-state index in [2.05, 4.69) is 15.1 Å². The molecule has 4 N–H and O–H groups in total. The second-order valence-corrected chi connectivity index (χ2v) is 5.40. The molecule has 0 aliphatic carbocycles. The number of aromatic nitrogens is 4. The number of rotatable bonds is 2. The third kappa shape index (κ3) is 2.38. The molecule has 0 atom stereocenters. The molecule has 21 heavy (non-hydrogen) atoms. The highest BCUT2D eigenvalue weighted by Crippen LogP contribution is 2.25. The Balaban J connectivity index is 2.10. The van der Waals surface area contributed by atoms with Gasteiger partial charge in [-0.15, -0.1) is 0 Å². The van der Waals surface area contributed by atoms with Gasteiger partial charge < -0.3 is 11.5 Å². The fourth-order valence-electron chi connectivity index (χ4n) is 2.34. The predicted molar refractivity (Wildman–Crippen MR) is 84.1 cm³/mol. The minimum Gasteiger partial charge on any atom is -0.383 e. The van der Waals surface area contributed by atoms with Gasteiger partial charge in [-0.3, -0.25) is 0 Å². The number of aryl methyl sites for hydroxylation is 2. The molecule has 0 aliphatic heterocycles. The molecule has 1 aromatic carbocycles. The first-order chi connectivity index (χ1) is 9.95. The molecule has 0 aliphatic rings. The molecule has 108 valence electrons. The summed E-state index contributed by atoms with van der Waals surface area (Å²) in [5.41, 5.74) is 15.1. The zero-order chi connectivity index (χ0) is 15.1.